The highest BCUT2D eigenvalue weighted by atomic mass is 32.1. The van der Waals surface area contributed by atoms with E-state index in [-0.39, 0.29) is 12.2 Å². The Labute approximate surface area is 149 Å². The Morgan fingerprint density at radius 2 is 1.64 bits per heavy atom. The fourth-order valence-electron chi connectivity index (χ4n) is 2.79. The lowest BCUT2D eigenvalue weighted by Gasteiger charge is -2.05. The van der Waals surface area contributed by atoms with Gasteiger partial charge in [0.05, 0.1) is 11.8 Å². The molecule has 0 unspecified atom stereocenters. The van der Waals surface area contributed by atoms with Crippen LogP contribution in [0.3, 0.4) is 0 Å². The van der Waals surface area contributed by atoms with E-state index in [4.69, 9.17) is 5.73 Å². The lowest BCUT2D eigenvalue weighted by molar-refractivity contribution is 0.0991. The molecule has 2 N–H and O–H groups in total. The maximum Gasteiger partial charge on any atom is 0.170 e. The molecule has 0 radical (unpaired) electrons. The molecule has 0 atom stereocenters. The van der Waals surface area contributed by atoms with Crippen LogP contribution in [0.25, 0.3) is 21.3 Å². The third-order valence-electron chi connectivity index (χ3n) is 4.01. The van der Waals surface area contributed by atoms with Crippen LogP contribution in [-0.4, -0.2) is 15.8 Å². The van der Waals surface area contributed by atoms with Crippen LogP contribution in [0.4, 0.5) is 5.82 Å². The summed E-state index contributed by atoms with van der Waals surface area (Å²) in [6, 6.07) is 19.2. The van der Waals surface area contributed by atoms with Gasteiger partial charge in [-0.05, 0) is 5.56 Å². The van der Waals surface area contributed by atoms with E-state index in [0.29, 0.717) is 17.2 Å². The number of benzene rings is 2. The highest BCUT2D eigenvalue weighted by molar-refractivity contribution is 7.17. The van der Waals surface area contributed by atoms with Gasteiger partial charge in [-0.1, -0.05) is 60.7 Å². The Kier molecular flexibility index (Phi) is 3.99. The Bertz CT molecular complexity index is 1040. The van der Waals surface area contributed by atoms with E-state index >= 15 is 0 Å². The normalized spacial score (nSPS) is 10.9. The van der Waals surface area contributed by atoms with Crippen molar-refractivity contribution in [3.05, 3.63) is 77.4 Å². The third-order valence-corrected chi connectivity index (χ3v) is 4.88. The molecule has 4 rings (SSSR count). The number of nitrogens with zero attached hydrogens (tertiary/aromatic N) is 2. The van der Waals surface area contributed by atoms with Gasteiger partial charge in [0.15, 0.2) is 5.78 Å². The number of nitrogen functional groups attached to an aromatic ring is 1. The molecule has 4 nitrogen and oxygen atoms in total. The van der Waals surface area contributed by atoms with Crippen molar-refractivity contribution in [3.63, 3.8) is 0 Å². The first-order chi connectivity index (χ1) is 12.2. The van der Waals surface area contributed by atoms with Gasteiger partial charge in [-0.15, -0.1) is 11.3 Å². The van der Waals surface area contributed by atoms with Crippen LogP contribution in [0.15, 0.2) is 66.0 Å². The monoisotopic (exact) mass is 345 g/mol. The molecule has 0 fully saturated rings. The predicted octanol–water partition coefficient (Wildman–Crippen LogP) is 4.37. The smallest absolute Gasteiger partial charge is 0.170 e. The fraction of sp³-hybridized carbons (Fsp3) is 0.0500. The first kappa shape index (κ1) is 15.5. The topological polar surface area (TPSA) is 68.9 Å². The summed E-state index contributed by atoms with van der Waals surface area (Å²) in [5.41, 5.74) is 8.96. The minimum Gasteiger partial charge on any atom is -0.383 e. The van der Waals surface area contributed by atoms with Crippen LogP contribution in [0.1, 0.15) is 16.2 Å². The van der Waals surface area contributed by atoms with Gasteiger partial charge in [0.25, 0.3) is 0 Å². The molecule has 2 heterocycles. The lowest BCUT2D eigenvalue weighted by Crippen LogP contribution is -2.08. The van der Waals surface area contributed by atoms with Gasteiger partial charge >= 0.3 is 0 Å². The summed E-state index contributed by atoms with van der Waals surface area (Å²) >= 11 is 1.52. The molecule has 0 aliphatic rings. The average Bonchev–Trinajstić information content (AvgIpc) is 3.08. The van der Waals surface area contributed by atoms with E-state index in [1.165, 1.54) is 11.3 Å². The van der Waals surface area contributed by atoms with E-state index < -0.39 is 0 Å². The summed E-state index contributed by atoms with van der Waals surface area (Å²) in [6.07, 6.45) is 0.142. The van der Waals surface area contributed by atoms with E-state index in [1.807, 2.05) is 53.9 Å². The van der Waals surface area contributed by atoms with Gasteiger partial charge in [-0.2, -0.15) is 0 Å². The van der Waals surface area contributed by atoms with Gasteiger partial charge < -0.3 is 5.73 Å². The molecule has 25 heavy (non-hydrogen) atoms. The van der Waals surface area contributed by atoms with E-state index in [9.17, 15) is 4.79 Å². The zero-order valence-corrected chi connectivity index (χ0v) is 14.2. The van der Waals surface area contributed by atoms with E-state index in [2.05, 4.69) is 9.97 Å². The van der Waals surface area contributed by atoms with Crippen LogP contribution >= 0.6 is 11.3 Å². The Hall–Kier alpha value is -3.05. The molecular formula is C20H15N3OS. The molecule has 4 aromatic rings. The predicted molar refractivity (Wildman–Crippen MR) is 102 cm³/mol. The SMILES string of the molecule is Nc1nc(CC(=O)c2ccccc2)nc2scc(-c3ccccc3)c12. The molecule has 2 aromatic heterocycles. The van der Waals surface area contributed by atoms with Crippen LogP contribution in [0.2, 0.25) is 0 Å². The van der Waals surface area contributed by atoms with Crippen LogP contribution < -0.4 is 5.73 Å². The minimum atomic E-state index is -0.0146. The van der Waals surface area contributed by atoms with Crippen molar-refractivity contribution in [2.75, 3.05) is 5.73 Å². The molecule has 0 saturated carbocycles. The number of thiophene rings is 1. The summed E-state index contributed by atoms with van der Waals surface area (Å²) in [5.74, 6) is 0.862. The van der Waals surface area contributed by atoms with Crippen molar-refractivity contribution in [2.45, 2.75) is 6.42 Å². The maximum atomic E-state index is 12.4. The number of nitrogens with two attached hydrogens (primary N) is 1. The van der Waals surface area contributed by atoms with Crippen molar-refractivity contribution < 1.29 is 4.79 Å². The van der Waals surface area contributed by atoms with Crippen molar-refractivity contribution in [3.8, 4) is 11.1 Å². The van der Waals surface area contributed by atoms with Crippen molar-refractivity contribution in [2.24, 2.45) is 0 Å². The van der Waals surface area contributed by atoms with Gasteiger partial charge in [-0.3, -0.25) is 4.79 Å². The molecule has 0 aliphatic carbocycles. The van der Waals surface area contributed by atoms with E-state index in [0.717, 1.165) is 21.3 Å². The van der Waals surface area contributed by atoms with Crippen LogP contribution in [0, 0.1) is 0 Å². The number of anilines is 1. The number of carbonyl (C=O) groups is 1. The molecular weight excluding hydrogens is 330 g/mol. The number of carbonyl (C=O) groups excluding carboxylic acids is 1. The second-order valence-corrected chi connectivity index (χ2v) is 6.54. The molecule has 0 spiro atoms. The number of rotatable bonds is 4. The number of hydrogen-bond donors (Lipinski definition) is 1. The van der Waals surface area contributed by atoms with Crippen molar-refractivity contribution in [1.29, 1.82) is 0 Å². The molecule has 5 heteroatoms. The summed E-state index contributed by atoms with van der Waals surface area (Å²) in [4.78, 5) is 22.1. The maximum absolute atomic E-state index is 12.4. The number of aromatic nitrogens is 2. The molecule has 122 valence electrons. The van der Waals surface area contributed by atoms with Crippen molar-refractivity contribution in [1.82, 2.24) is 9.97 Å². The summed E-state index contributed by atoms with van der Waals surface area (Å²) < 4.78 is 0. The fourth-order valence-corrected chi connectivity index (χ4v) is 3.77. The van der Waals surface area contributed by atoms with Crippen LogP contribution in [0.5, 0.6) is 0 Å². The molecule has 2 aromatic carbocycles. The summed E-state index contributed by atoms with van der Waals surface area (Å²) in [7, 11) is 0. The Morgan fingerprint density at radius 3 is 2.36 bits per heavy atom. The number of ketones is 1. The van der Waals surface area contributed by atoms with Gasteiger partial charge in [-0.25, -0.2) is 9.97 Å². The summed E-state index contributed by atoms with van der Waals surface area (Å²) in [5, 5.41) is 2.89. The molecule has 0 saturated heterocycles. The Morgan fingerprint density at radius 1 is 0.960 bits per heavy atom. The first-order valence-electron chi connectivity index (χ1n) is 7.89. The Balaban J connectivity index is 1.71. The molecule has 0 aliphatic heterocycles. The minimum absolute atomic E-state index is 0.0146. The first-order valence-corrected chi connectivity index (χ1v) is 8.77. The van der Waals surface area contributed by atoms with Crippen LogP contribution in [-0.2, 0) is 6.42 Å². The second-order valence-electron chi connectivity index (χ2n) is 5.69. The zero-order valence-electron chi connectivity index (χ0n) is 13.3. The average molecular weight is 345 g/mol. The van der Waals surface area contributed by atoms with Gasteiger partial charge in [0.2, 0.25) is 0 Å². The second kappa shape index (κ2) is 6.45. The van der Waals surface area contributed by atoms with Gasteiger partial charge in [0, 0.05) is 16.5 Å². The quantitative estimate of drug-likeness (QED) is 0.558. The largest absolute Gasteiger partial charge is 0.383 e. The number of Topliss-reactive ketones (excluding diaryl/α,β-unsaturated/α-hetero) is 1. The summed E-state index contributed by atoms with van der Waals surface area (Å²) in [6.45, 7) is 0. The third kappa shape index (κ3) is 3.02. The molecule has 0 bridgehead atoms. The zero-order chi connectivity index (χ0) is 17.2. The number of fused-ring (bicyclic) bond motifs is 1. The number of hydrogen-bond acceptors (Lipinski definition) is 5. The highest BCUT2D eigenvalue weighted by Crippen LogP contribution is 2.35. The lowest BCUT2D eigenvalue weighted by atomic mass is 10.1. The van der Waals surface area contributed by atoms with Gasteiger partial charge in [0.1, 0.15) is 16.5 Å². The molecule has 0 amide bonds. The van der Waals surface area contributed by atoms with E-state index in [1.54, 1.807) is 12.1 Å². The highest BCUT2D eigenvalue weighted by Gasteiger charge is 2.15. The standard InChI is InChI=1S/C20H15N3OS/c21-19-18-15(13-7-3-1-4-8-13)12-25-20(18)23-17(22-19)11-16(24)14-9-5-2-6-10-14/h1-10,12H,11H2,(H2,21,22,23). The van der Waals surface area contributed by atoms with Crippen molar-refractivity contribution >= 4 is 33.2 Å².